The van der Waals surface area contributed by atoms with E-state index in [1.54, 1.807) is 79.7 Å². The Balaban J connectivity index is 1.40. The van der Waals surface area contributed by atoms with Gasteiger partial charge in [-0.1, -0.05) is 61.9 Å². The predicted molar refractivity (Wildman–Crippen MR) is 184 cm³/mol. The van der Waals surface area contributed by atoms with E-state index in [1.165, 1.54) is 11.8 Å². The van der Waals surface area contributed by atoms with Crippen molar-refractivity contribution in [1.82, 2.24) is 5.32 Å². The molecule has 0 bridgehead atoms. The van der Waals surface area contributed by atoms with E-state index in [2.05, 4.69) is 16.0 Å². The number of anilines is 2. The molecular weight excluding hydrogens is 598 g/mol. The van der Waals surface area contributed by atoms with Crippen molar-refractivity contribution in [3.63, 3.8) is 0 Å². The lowest BCUT2D eigenvalue weighted by Crippen LogP contribution is -2.30. The zero-order chi connectivity index (χ0) is 32.9. The lowest BCUT2D eigenvalue weighted by molar-refractivity contribution is -0.115. The third-order valence-electron chi connectivity index (χ3n) is 6.91. The molecule has 0 heterocycles. The number of unbranched alkanes of at least 4 members (excludes halogenated alkanes) is 1. The molecule has 0 radical (unpaired) electrons. The first kappa shape index (κ1) is 33.7. The smallest absolute Gasteiger partial charge is 0.338 e. The molecule has 0 spiro atoms. The molecule has 4 aromatic rings. The number of nitrogens with one attached hydrogen (secondary N) is 3. The Hall–Kier alpha value is -5.15. The highest BCUT2D eigenvalue weighted by atomic mass is 32.2. The van der Waals surface area contributed by atoms with Gasteiger partial charge in [0.25, 0.3) is 11.8 Å². The number of ether oxygens (including phenoxy) is 1. The van der Waals surface area contributed by atoms with Crippen LogP contribution in [0.25, 0.3) is 6.08 Å². The Morgan fingerprint density at radius 3 is 2.24 bits per heavy atom. The Labute approximate surface area is 273 Å². The number of rotatable bonds is 13. The molecule has 9 heteroatoms. The van der Waals surface area contributed by atoms with E-state index in [0.29, 0.717) is 29.1 Å². The monoisotopic (exact) mass is 635 g/mol. The Morgan fingerprint density at radius 2 is 1.52 bits per heavy atom. The normalized spacial score (nSPS) is 11.7. The fourth-order valence-corrected chi connectivity index (χ4v) is 5.20. The van der Waals surface area contributed by atoms with Gasteiger partial charge in [0.05, 0.1) is 17.4 Å². The van der Waals surface area contributed by atoms with Crippen molar-refractivity contribution in [2.45, 2.75) is 43.8 Å². The van der Waals surface area contributed by atoms with E-state index in [-0.39, 0.29) is 11.6 Å². The van der Waals surface area contributed by atoms with Crippen LogP contribution in [0.5, 0.6) is 0 Å². The molecule has 0 aromatic heterocycles. The zero-order valence-electron chi connectivity index (χ0n) is 26.0. The average Bonchev–Trinajstić information content (AvgIpc) is 3.06. The van der Waals surface area contributed by atoms with Crippen LogP contribution in [-0.4, -0.2) is 35.5 Å². The summed E-state index contributed by atoms with van der Waals surface area (Å²) in [4.78, 5) is 52.3. The van der Waals surface area contributed by atoms with Crippen molar-refractivity contribution in [3.05, 3.63) is 131 Å². The van der Waals surface area contributed by atoms with Crippen LogP contribution in [0.2, 0.25) is 0 Å². The fraction of sp³-hybridized carbons (Fsp3) is 0.189. The molecule has 0 aliphatic rings. The second-order valence-corrected chi connectivity index (χ2v) is 11.9. The summed E-state index contributed by atoms with van der Waals surface area (Å²) in [6.07, 6.45) is 3.40. The van der Waals surface area contributed by atoms with Crippen molar-refractivity contribution in [2.75, 3.05) is 17.2 Å². The summed E-state index contributed by atoms with van der Waals surface area (Å²) in [5.74, 6) is -1.50. The van der Waals surface area contributed by atoms with Crippen LogP contribution in [0.15, 0.2) is 114 Å². The number of esters is 1. The van der Waals surface area contributed by atoms with Crippen LogP contribution in [0.3, 0.4) is 0 Å². The summed E-state index contributed by atoms with van der Waals surface area (Å²) < 4.78 is 5.23. The van der Waals surface area contributed by atoms with Gasteiger partial charge in [0.15, 0.2) is 0 Å². The Morgan fingerprint density at radius 1 is 0.804 bits per heavy atom. The zero-order valence-corrected chi connectivity index (χ0v) is 26.9. The van der Waals surface area contributed by atoms with Crippen LogP contribution in [0.4, 0.5) is 11.4 Å². The molecular formula is C37H37N3O5S. The number of amides is 3. The maximum absolute atomic E-state index is 13.5. The van der Waals surface area contributed by atoms with Crippen molar-refractivity contribution in [2.24, 2.45) is 0 Å². The molecule has 0 aliphatic heterocycles. The SMILES string of the molecule is CCCCOC(=O)c1ccc(NC(=O)C(C)Sc2cccc(NC(=O)/C(=C/c3ccccc3C)NC(=O)c3ccccc3)c2)cc1. The standard InChI is InChI=1S/C37H37N3O5S/c1-4-5-22-45-37(44)28-18-20-30(21-19-28)38-34(41)26(3)46-32-17-11-16-31(24-32)39-36(43)33(23-29-15-10-9-12-25(29)2)40-35(42)27-13-7-6-8-14-27/h6-21,23-24,26H,4-5,22H2,1-3H3,(H,38,41)(H,39,43)(H,40,42)/b33-23-. The maximum atomic E-state index is 13.5. The number of carbonyl (C=O) groups is 4. The topological polar surface area (TPSA) is 114 Å². The van der Waals surface area contributed by atoms with Gasteiger partial charge >= 0.3 is 5.97 Å². The van der Waals surface area contributed by atoms with Gasteiger partial charge in [-0.2, -0.15) is 0 Å². The number of hydrogen-bond acceptors (Lipinski definition) is 6. The maximum Gasteiger partial charge on any atom is 0.338 e. The van der Waals surface area contributed by atoms with Gasteiger partial charge in [0.2, 0.25) is 5.91 Å². The van der Waals surface area contributed by atoms with E-state index in [4.69, 9.17) is 4.74 Å². The Kier molecular flexibility index (Phi) is 12.3. The van der Waals surface area contributed by atoms with E-state index in [9.17, 15) is 19.2 Å². The summed E-state index contributed by atoms with van der Waals surface area (Å²) >= 11 is 1.33. The molecule has 3 N–H and O–H groups in total. The van der Waals surface area contributed by atoms with E-state index >= 15 is 0 Å². The molecule has 4 rings (SSSR count). The van der Waals surface area contributed by atoms with Crippen LogP contribution in [-0.2, 0) is 14.3 Å². The predicted octanol–water partition coefficient (Wildman–Crippen LogP) is 7.48. The summed E-state index contributed by atoms with van der Waals surface area (Å²) in [7, 11) is 0. The molecule has 3 amide bonds. The number of hydrogen-bond donors (Lipinski definition) is 3. The van der Waals surface area contributed by atoms with E-state index in [0.717, 1.165) is 28.9 Å². The highest BCUT2D eigenvalue weighted by Gasteiger charge is 2.18. The number of carbonyl (C=O) groups excluding carboxylic acids is 4. The molecule has 0 saturated carbocycles. The summed E-state index contributed by atoms with van der Waals surface area (Å²) in [6, 6.07) is 30.0. The second kappa shape index (κ2) is 16.8. The molecule has 236 valence electrons. The molecule has 1 unspecified atom stereocenters. The third kappa shape index (κ3) is 9.93. The molecule has 0 fully saturated rings. The van der Waals surface area contributed by atoms with Crippen molar-refractivity contribution >= 4 is 52.9 Å². The van der Waals surface area contributed by atoms with Crippen LogP contribution in [0, 0.1) is 6.92 Å². The lowest BCUT2D eigenvalue weighted by Gasteiger charge is -2.14. The summed E-state index contributed by atoms with van der Waals surface area (Å²) in [5.41, 5.74) is 3.77. The fourth-order valence-electron chi connectivity index (χ4n) is 4.28. The third-order valence-corrected chi connectivity index (χ3v) is 8.00. The molecule has 46 heavy (non-hydrogen) atoms. The van der Waals surface area contributed by atoms with E-state index < -0.39 is 23.0 Å². The van der Waals surface area contributed by atoms with Gasteiger partial charge in [-0.25, -0.2) is 4.79 Å². The number of thioether (sulfide) groups is 1. The van der Waals surface area contributed by atoms with Gasteiger partial charge in [0, 0.05) is 21.8 Å². The quantitative estimate of drug-likeness (QED) is 0.0608. The van der Waals surface area contributed by atoms with Gasteiger partial charge in [-0.3, -0.25) is 14.4 Å². The average molecular weight is 636 g/mol. The van der Waals surface area contributed by atoms with E-state index in [1.807, 2.05) is 50.2 Å². The highest BCUT2D eigenvalue weighted by molar-refractivity contribution is 8.00. The summed E-state index contributed by atoms with van der Waals surface area (Å²) in [5, 5.41) is 8.04. The van der Waals surface area contributed by atoms with Gasteiger partial charge in [0.1, 0.15) is 5.70 Å². The molecule has 4 aromatic carbocycles. The first-order valence-electron chi connectivity index (χ1n) is 15.0. The number of benzene rings is 4. The second-order valence-electron chi connectivity index (χ2n) is 10.5. The minimum Gasteiger partial charge on any atom is -0.462 e. The Bertz CT molecular complexity index is 1700. The van der Waals surface area contributed by atoms with Crippen molar-refractivity contribution in [3.8, 4) is 0 Å². The lowest BCUT2D eigenvalue weighted by atomic mass is 10.1. The van der Waals surface area contributed by atoms with Crippen molar-refractivity contribution < 1.29 is 23.9 Å². The minimum atomic E-state index is -0.488. The minimum absolute atomic E-state index is 0.0918. The molecule has 1 atom stereocenters. The van der Waals surface area contributed by atoms with Crippen LogP contribution >= 0.6 is 11.8 Å². The molecule has 8 nitrogen and oxygen atoms in total. The molecule has 0 aliphatic carbocycles. The number of aryl methyl sites for hydroxylation is 1. The van der Waals surface area contributed by atoms with Crippen LogP contribution < -0.4 is 16.0 Å². The summed E-state index contributed by atoms with van der Waals surface area (Å²) in [6.45, 7) is 6.12. The first-order valence-corrected chi connectivity index (χ1v) is 15.9. The molecule has 0 saturated heterocycles. The van der Waals surface area contributed by atoms with Crippen molar-refractivity contribution in [1.29, 1.82) is 0 Å². The highest BCUT2D eigenvalue weighted by Crippen LogP contribution is 2.27. The van der Waals surface area contributed by atoms with Gasteiger partial charge in [-0.15, -0.1) is 11.8 Å². The first-order chi connectivity index (χ1) is 22.2. The largest absolute Gasteiger partial charge is 0.462 e. The van der Waals surface area contributed by atoms with Crippen LogP contribution in [0.1, 0.15) is 58.5 Å². The van der Waals surface area contributed by atoms with Gasteiger partial charge < -0.3 is 20.7 Å². The van der Waals surface area contributed by atoms with Gasteiger partial charge in [-0.05, 0) is 92.1 Å².